The highest BCUT2D eigenvalue weighted by Gasteiger charge is 2.27. The highest BCUT2D eigenvalue weighted by Crippen LogP contribution is 2.43. The van der Waals surface area contributed by atoms with E-state index in [9.17, 15) is 19.4 Å². The van der Waals surface area contributed by atoms with Crippen LogP contribution in [0.2, 0.25) is 0 Å². The number of amides is 1. The van der Waals surface area contributed by atoms with Gasteiger partial charge in [0.1, 0.15) is 13.2 Å². The molecule has 0 aliphatic rings. The van der Waals surface area contributed by atoms with E-state index in [1.165, 1.54) is 193 Å². The number of nitrogens with one attached hydrogen (secondary N) is 1. The van der Waals surface area contributed by atoms with Gasteiger partial charge in [0.2, 0.25) is 5.91 Å². The van der Waals surface area contributed by atoms with Crippen molar-refractivity contribution < 1.29 is 32.9 Å². The SMILES string of the molecule is CCCCC/C=C\C/C=C\CCCCCCCCCCCC(=O)NC(COP(=O)(O)OCC[N+](C)(C)C)C(O)/C=C/CCCCCCCCCCCCCCCCCCCCCCC. The van der Waals surface area contributed by atoms with E-state index in [4.69, 9.17) is 9.05 Å². The minimum absolute atomic E-state index is 0.0610. The van der Waals surface area contributed by atoms with E-state index < -0.39 is 20.0 Å². The molecule has 0 fully saturated rings. The summed E-state index contributed by atoms with van der Waals surface area (Å²) >= 11 is 0. The van der Waals surface area contributed by atoms with Gasteiger partial charge in [-0.2, -0.15) is 0 Å². The Morgan fingerprint density at radius 3 is 1.31 bits per heavy atom. The Morgan fingerprint density at radius 2 is 0.891 bits per heavy atom. The van der Waals surface area contributed by atoms with E-state index in [1.807, 2.05) is 27.2 Å². The zero-order valence-electron chi connectivity index (χ0n) is 43.0. The predicted molar refractivity (Wildman–Crippen MR) is 277 cm³/mol. The van der Waals surface area contributed by atoms with Crippen molar-refractivity contribution in [2.24, 2.45) is 0 Å². The van der Waals surface area contributed by atoms with Gasteiger partial charge in [-0.1, -0.05) is 237 Å². The maximum atomic E-state index is 12.9. The molecule has 0 radical (unpaired) electrons. The molecule has 0 bridgehead atoms. The number of hydrogen-bond acceptors (Lipinski definition) is 5. The van der Waals surface area contributed by atoms with Crippen LogP contribution in [0.25, 0.3) is 0 Å². The van der Waals surface area contributed by atoms with Crippen molar-refractivity contribution in [3.63, 3.8) is 0 Å². The van der Waals surface area contributed by atoms with Crippen LogP contribution in [0.4, 0.5) is 0 Å². The van der Waals surface area contributed by atoms with E-state index in [0.717, 1.165) is 44.9 Å². The number of carbonyl (C=O) groups is 1. The number of unbranched alkanes of at least 4 members (excludes halogenated alkanes) is 33. The van der Waals surface area contributed by atoms with Crippen LogP contribution < -0.4 is 5.32 Å². The summed E-state index contributed by atoms with van der Waals surface area (Å²) in [5.41, 5.74) is 0. The molecule has 3 N–H and O–H groups in total. The second-order valence-corrected chi connectivity index (χ2v) is 21.4. The van der Waals surface area contributed by atoms with Gasteiger partial charge in [-0.15, -0.1) is 0 Å². The summed E-state index contributed by atoms with van der Waals surface area (Å²) < 4.78 is 23.7. The maximum absolute atomic E-state index is 12.9. The molecule has 9 heteroatoms. The van der Waals surface area contributed by atoms with Crippen molar-refractivity contribution in [3.8, 4) is 0 Å². The first-order valence-electron chi connectivity index (χ1n) is 27.4. The number of likely N-dealkylation sites (N-methyl/N-ethyl adjacent to an activating group) is 1. The predicted octanol–water partition coefficient (Wildman–Crippen LogP) is 16.2. The first kappa shape index (κ1) is 62.7. The van der Waals surface area contributed by atoms with Crippen molar-refractivity contribution in [3.05, 3.63) is 36.5 Å². The summed E-state index contributed by atoms with van der Waals surface area (Å²) in [5.74, 6) is -0.179. The van der Waals surface area contributed by atoms with Crippen LogP contribution in [0.5, 0.6) is 0 Å². The van der Waals surface area contributed by atoms with Gasteiger partial charge in [-0.3, -0.25) is 13.8 Å². The first-order valence-corrected chi connectivity index (χ1v) is 28.9. The van der Waals surface area contributed by atoms with Gasteiger partial charge in [0.15, 0.2) is 0 Å². The van der Waals surface area contributed by atoms with Gasteiger partial charge < -0.3 is 19.8 Å². The molecule has 8 nitrogen and oxygen atoms in total. The second-order valence-electron chi connectivity index (χ2n) is 20.0. The Labute approximate surface area is 397 Å². The van der Waals surface area contributed by atoms with Crippen LogP contribution in [0, 0.1) is 0 Å². The number of phosphoric ester groups is 1. The van der Waals surface area contributed by atoms with Crippen molar-refractivity contribution in [2.75, 3.05) is 40.9 Å². The lowest BCUT2D eigenvalue weighted by molar-refractivity contribution is -0.870. The fourth-order valence-corrected chi connectivity index (χ4v) is 8.75. The lowest BCUT2D eigenvalue weighted by atomic mass is 10.0. The van der Waals surface area contributed by atoms with E-state index in [2.05, 4.69) is 43.5 Å². The largest absolute Gasteiger partial charge is 0.472 e. The fraction of sp³-hybridized carbons (Fsp3) is 0.873. The number of allylic oxidation sites excluding steroid dienone is 5. The number of aliphatic hydroxyl groups is 1. The molecule has 0 spiro atoms. The third-order valence-corrected chi connectivity index (χ3v) is 13.3. The number of phosphoric acid groups is 1. The molecule has 64 heavy (non-hydrogen) atoms. The molecule has 0 aromatic rings. The lowest BCUT2D eigenvalue weighted by Gasteiger charge is -2.25. The standard InChI is InChI=1S/C55H107N2O6P/c1-6-8-10-12-14-16-18-20-22-24-26-27-28-29-31-32-34-36-38-40-42-44-46-48-54(58)53(52-63-64(60,61)62-51-50-57(3,4)5)56-55(59)49-47-45-43-41-39-37-35-33-30-25-23-21-19-17-15-13-11-9-7-2/h15,17,21,23,46,48,53-54,58H,6-14,16,18-20,22,24-45,47,49-52H2,1-5H3,(H-,56,59,60,61)/p+1/b17-15-,23-21-,48-46+. The molecule has 3 atom stereocenters. The zero-order valence-corrected chi connectivity index (χ0v) is 43.9. The molecular formula is C55H108N2O6P+. The number of hydrogen-bond donors (Lipinski definition) is 3. The lowest BCUT2D eigenvalue weighted by Crippen LogP contribution is -2.45. The van der Waals surface area contributed by atoms with Crippen molar-refractivity contribution in [1.29, 1.82) is 0 Å². The average Bonchev–Trinajstić information content (AvgIpc) is 3.25. The molecule has 0 heterocycles. The molecule has 0 aliphatic carbocycles. The Hall–Kier alpha value is -1.28. The molecule has 0 aromatic heterocycles. The quantitative estimate of drug-likeness (QED) is 0.0243. The van der Waals surface area contributed by atoms with Gasteiger partial charge in [-0.25, -0.2) is 4.57 Å². The molecule has 3 unspecified atom stereocenters. The Morgan fingerprint density at radius 1 is 0.531 bits per heavy atom. The zero-order chi connectivity index (χ0) is 47.1. The van der Waals surface area contributed by atoms with Crippen molar-refractivity contribution in [2.45, 2.75) is 270 Å². The van der Waals surface area contributed by atoms with Gasteiger partial charge in [0.05, 0.1) is 39.9 Å². The normalized spacial score (nSPS) is 14.3. The molecule has 0 rings (SSSR count). The van der Waals surface area contributed by atoms with Crippen LogP contribution >= 0.6 is 7.82 Å². The second kappa shape index (κ2) is 46.8. The number of nitrogens with zero attached hydrogens (tertiary/aromatic N) is 1. The van der Waals surface area contributed by atoms with Gasteiger partial charge >= 0.3 is 7.82 Å². The minimum atomic E-state index is -4.35. The Kier molecular flexibility index (Phi) is 45.9. The molecular weight excluding hydrogens is 816 g/mol. The minimum Gasteiger partial charge on any atom is -0.387 e. The maximum Gasteiger partial charge on any atom is 0.472 e. The van der Waals surface area contributed by atoms with Gasteiger partial charge in [0, 0.05) is 6.42 Å². The highest BCUT2D eigenvalue weighted by atomic mass is 31.2. The summed E-state index contributed by atoms with van der Waals surface area (Å²) in [6.45, 7) is 4.81. The Bertz CT molecular complexity index is 1140. The van der Waals surface area contributed by atoms with Crippen molar-refractivity contribution >= 4 is 13.7 Å². The van der Waals surface area contributed by atoms with Gasteiger partial charge in [-0.05, 0) is 51.4 Å². The number of rotatable bonds is 50. The summed E-state index contributed by atoms with van der Waals surface area (Å²) in [6, 6.07) is -0.849. The molecule has 0 saturated heterocycles. The highest BCUT2D eigenvalue weighted by molar-refractivity contribution is 7.47. The van der Waals surface area contributed by atoms with E-state index in [-0.39, 0.29) is 19.1 Å². The first-order chi connectivity index (χ1) is 31.0. The number of carbonyl (C=O) groups excluding carboxylic acids is 1. The molecule has 0 saturated carbocycles. The molecule has 378 valence electrons. The van der Waals surface area contributed by atoms with Crippen LogP contribution in [0.1, 0.15) is 258 Å². The average molecular weight is 924 g/mol. The summed E-state index contributed by atoms with van der Waals surface area (Å²) in [7, 11) is 1.57. The third-order valence-electron chi connectivity index (χ3n) is 12.4. The van der Waals surface area contributed by atoms with Crippen LogP contribution in [-0.2, 0) is 18.4 Å². The summed E-state index contributed by atoms with van der Waals surface area (Å²) in [6.07, 6.45) is 59.4. The van der Waals surface area contributed by atoms with Crippen LogP contribution in [-0.4, -0.2) is 73.4 Å². The monoisotopic (exact) mass is 924 g/mol. The molecule has 1 amide bonds. The van der Waals surface area contributed by atoms with Crippen LogP contribution in [0.15, 0.2) is 36.5 Å². The third kappa shape index (κ3) is 48.6. The van der Waals surface area contributed by atoms with Crippen molar-refractivity contribution in [1.82, 2.24) is 5.32 Å². The molecule has 0 aliphatic heterocycles. The topological polar surface area (TPSA) is 105 Å². The van der Waals surface area contributed by atoms with E-state index in [1.54, 1.807) is 6.08 Å². The smallest absolute Gasteiger partial charge is 0.387 e. The van der Waals surface area contributed by atoms with Gasteiger partial charge in [0.25, 0.3) is 0 Å². The fourth-order valence-electron chi connectivity index (χ4n) is 8.01. The number of quaternary nitrogens is 1. The van der Waals surface area contributed by atoms with Crippen LogP contribution in [0.3, 0.4) is 0 Å². The Balaban J connectivity index is 4.26. The van der Waals surface area contributed by atoms with E-state index in [0.29, 0.717) is 17.4 Å². The van der Waals surface area contributed by atoms with E-state index >= 15 is 0 Å². The molecule has 0 aromatic carbocycles. The summed E-state index contributed by atoms with van der Waals surface area (Å²) in [5, 5.41) is 13.9. The summed E-state index contributed by atoms with van der Waals surface area (Å²) in [4.78, 5) is 23.3. The number of aliphatic hydroxyl groups excluding tert-OH is 1.